The Labute approximate surface area is 119 Å². The molecule has 0 aromatic heterocycles. The summed E-state index contributed by atoms with van der Waals surface area (Å²) in [5, 5.41) is 2.72. The SMILES string of the molecule is Nc1ccc(NC(=O)COc2ccccc2Br)cc1. The number of amides is 1. The standard InChI is InChI=1S/C14H13BrN2O2/c15-12-3-1-2-4-13(12)19-9-14(18)17-11-7-5-10(16)6-8-11/h1-8H,9,16H2,(H,17,18). The second-order valence-corrected chi connectivity index (χ2v) is 4.74. The molecular formula is C14H13BrN2O2. The summed E-state index contributed by atoms with van der Waals surface area (Å²) in [6.07, 6.45) is 0. The van der Waals surface area contributed by atoms with Gasteiger partial charge in [-0.3, -0.25) is 4.79 Å². The Hall–Kier alpha value is -2.01. The maximum Gasteiger partial charge on any atom is 0.262 e. The Morgan fingerprint density at radius 1 is 1.16 bits per heavy atom. The third-order valence-corrected chi connectivity index (χ3v) is 3.04. The Morgan fingerprint density at radius 3 is 2.53 bits per heavy atom. The smallest absolute Gasteiger partial charge is 0.262 e. The van der Waals surface area contributed by atoms with Crippen LogP contribution in [-0.4, -0.2) is 12.5 Å². The van der Waals surface area contributed by atoms with E-state index < -0.39 is 0 Å². The number of anilines is 2. The molecule has 0 atom stereocenters. The number of carbonyl (C=O) groups excluding carboxylic acids is 1. The summed E-state index contributed by atoms with van der Waals surface area (Å²) in [6.45, 7) is -0.0486. The molecule has 1 amide bonds. The largest absolute Gasteiger partial charge is 0.483 e. The van der Waals surface area contributed by atoms with Crippen molar-refractivity contribution < 1.29 is 9.53 Å². The van der Waals surface area contributed by atoms with Crippen molar-refractivity contribution >= 4 is 33.2 Å². The fraction of sp³-hybridized carbons (Fsp3) is 0.0714. The quantitative estimate of drug-likeness (QED) is 0.851. The summed E-state index contributed by atoms with van der Waals surface area (Å²) >= 11 is 3.35. The summed E-state index contributed by atoms with van der Waals surface area (Å²) in [5.41, 5.74) is 6.91. The van der Waals surface area contributed by atoms with Crippen molar-refractivity contribution in [2.24, 2.45) is 0 Å². The molecule has 0 radical (unpaired) electrons. The first kappa shape index (κ1) is 13.4. The van der Waals surface area contributed by atoms with Gasteiger partial charge in [0.25, 0.3) is 5.91 Å². The number of ether oxygens (including phenoxy) is 1. The Morgan fingerprint density at radius 2 is 1.84 bits per heavy atom. The van der Waals surface area contributed by atoms with Crippen LogP contribution in [0.25, 0.3) is 0 Å². The van der Waals surface area contributed by atoms with Crippen LogP contribution in [0.4, 0.5) is 11.4 Å². The third kappa shape index (κ3) is 3.99. The van der Waals surface area contributed by atoms with Gasteiger partial charge in [0.05, 0.1) is 4.47 Å². The van der Waals surface area contributed by atoms with E-state index in [2.05, 4.69) is 21.2 Å². The number of hydrogen-bond donors (Lipinski definition) is 2. The first-order valence-electron chi connectivity index (χ1n) is 5.68. The van der Waals surface area contributed by atoms with Crippen molar-refractivity contribution in [3.05, 3.63) is 53.0 Å². The summed E-state index contributed by atoms with van der Waals surface area (Å²) in [6, 6.07) is 14.3. The highest BCUT2D eigenvalue weighted by Crippen LogP contribution is 2.23. The monoisotopic (exact) mass is 320 g/mol. The summed E-state index contributed by atoms with van der Waals surface area (Å²) in [5.74, 6) is 0.412. The molecule has 0 aliphatic heterocycles. The molecule has 2 aromatic carbocycles. The molecule has 2 rings (SSSR count). The van der Waals surface area contributed by atoms with Crippen LogP contribution in [0.2, 0.25) is 0 Å². The van der Waals surface area contributed by atoms with Gasteiger partial charge < -0.3 is 15.8 Å². The van der Waals surface area contributed by atoms with Gasteiger partial charge in [0.1, 0.15) is 5.75 Å². The number of benzene rings is 2. The van der Waals surface area contributed by atoms with E-state index in [1.165, 1.54) is 0 Å². The molecule has 0 saturated carbocycles. The number of para-hydroxylation sites is 1. The Kier molecular flexibility index (Phi) is 4.41. The van der Waals surface area contributed by atoms with Crippen LogP contribution < -0.4 is 15.8 Å². The number of halogens is 1. The van der Waals surface area contributed by atoms with Gasteiger partial charge in [0, 0.05) is 11.4 Å². The molecule has 0 fully saturated rings. The lowest BCUT2D eigenvalue weighted by molar-refractivity contribution is -0.118. The van der Waals surface area contributed by atoms with Gasteiger partial charge >= 0.3 is 0 Å². The van der Waals surface area contributed by atoms with E-state index in [-0.39, 0.29) is 12.5 Å². The van der Waals surface area contributed by atoms with E-state index >= 15 is 0 Å². The number of hydrogen-bond acceptors (Lipinski definition) is 3. The van der Waals surface area contributed by atoms with Gasteiger partial charge in [-0.1, -0.05) is 12.1 Å². The van der Waals surface area contributed by atoms with E-state index in [9.17, 15) is 4.79 Å². The van der Waals surface area contributed by atoms with Crippen LogP contribution in [0.1, 0.15) is 0 Å². The minimum Gasteiger partial charge on any atom is -0.483 e. The number of nitrogens with one attached hydrogen (secondary N) is 1. The van der Waals surface area contributed by atoms with Gasteiger partial charge in [-0.2, -0.15) is 0 Å². The highest BCUT2D eigenvalue weighted by molar-refractivity contribution is 9.10. The second-order valence-electron chi connectivity index (χ2n) is 3.89. The fourth-order valence-electron chi connectivity index (χ4n) is 1.47. The fourth-order valence-corrected chi connectivity index (χ4v) is 1.87. The second kappa shape index (κ2) is 6.24. The molecule has 0 aliphatic rings. The van der Waals surface area contributed by atoms with Crippen LogP contribution >= 0.6 is 15.9 Å². The van der Waals surface area contributed by atoms with Crippen LogP contribution in [-0.2, 0) is 4.79 Å². The molecule has 2 aromatic rings. The van der Waals surface area contributed by atoms with Gasteiger partial charge in [-0.15, -0.1) is 0 Å². The molecule has 0 heterocycles. The first-order valence-corrected chi connectivity index (χ1v) is 6.47. The summed E-state index contributed by atoms with van der Waals surface area (Å²) < 4.78 is 6.23. The molecule has 4 nitrogen and oxygen atoms in total. The Balaban J connectivity index is 1.88. The topological polar surface area (TPSA) is 64.3 Å². The van der Waals surface area contributed by atoms with Crippen LogP contribution in [0, 0.1) is 0 Å². The molecule has 0 spiro atoms. The van der Waals surface area contributed by atoms with Crippen molar-refractivity contribution in [2.75, 3.05) is 17.7 Å². The lowest BCUT2D eigenvalue weighted by Gasteiger charge is -2.08. The van der Waals surface area contributed by atoms with E-state index in [1.807, 2.05) is 18.2 Å². The molecular weight excluding hydrogens is 308 g/mol. The molecule has 98 valence electrons. The average Bonchev–Trinajstić information content (AvgIpc) is 2.40. The molecule has 0 bridgehead atoms. The Bertz CT molecular complexity index is 570. The van der Waals surface area contributed by atoms with Gasteiger partial charge in [-0.25, -0.2) is 0 Å². The minimum absolute atomic E-state index is 0.0486. The van der Waals surface area contributed by atoms with Gasteiger partial charge in [0.2, 0.25) is 0 Å². The zero-order valence-corrected chi connectivity index (χ0v) is 11.7. The maximum atomic E-state index is 11.7. The van der Waals surface area contributed by atoms with Crippen molar-refractivity contribution in [1.29, 1.82) is 0 Å². The lowest BCUT2D eigenvalue weighted by atomic mass is 10.3. The zero-order valence-electron chi connectivity index (χ0n) is 10.1. The van der Waals surface area contributed by atoms with Crippen molar-refractivity contribution in [3.63, 3.8) is 0 Å². The van der Waals surface area contributed by atoms with Crippen LogP contribution in [0.15, 0.2) is 53.0 Å². The average molecular weight is 321 g/mol. The lowest BCUT2D eigenvalue weighted by Crippen LogP contribution is -2.20. The van der Waals surface area contributed by atoms with E-state index in [0.29, 0.717) is 17.1 Å². The van der Waals surface area contributed by atoms with Gasteiger partial charge in [0.15, 0.2) is 6.61 Å². The molecule has 0 unspecified atom stereocenters. The zero-order chi connectivity index (χ0) is 13.7. The van der Waals surface area contributed by atoms with E-state index in [0.717, 1.165) is 4.47 Å². The van der Waals surface area contributed by atoms with Crippen molar-refractivity contribution in [2.45, 2.75) is 0 Å². The molecule has 3 N–H and O–H groups in total. The molecule has 5 heteroatoms. The molecule has 0 saturated heterocycles. The molecule has 19 heavy (non-hydrogen) atoms. The predicted octanol–water partition coefficient (Wildman–Crippen LogP) is 3.05. The van der Waals surface area contributed by atoms with Crippen LogP contribution in [0.5, 0.6) is 5.75 Å². The normalized spacial score (nSPS) is 9.95. The van der Waals surface area contributed by atoms with Gasteiger partial charge in [-0.05, 0) is 52.3 Å². The number of nitrogens with two attached hydrogens (primary N) is 1. The first-order chi connectivity index (χ1) is 9.15. The van der Waals surface area contributed by atoms with Crippen LogP contribution in [0.3, 0.4) is 0 Å². The summed E-state index contributed by atoms with van der Waals surface area (Å²) in [4.78, 5) is 11.7. The summed E-state index contributed by atoms with van der Waals surface area (Å²) in [7, 11) is 0. The minimum atomic E-state index is -0.222. The van der Waals surface area contributed by atoms with Crippen molar-refractivity contribution in [3.8, 4) is 5.75 Å². The highest BCUT2D eigenvalue weighted by atomic mass is 79.9. The van der Waals surface area contributed by atoms with Crippen molar-refractivity contribution in [1.82, 2.24) is 0 Å². The highest BCUT2D eigenvalue weighted by Gasteiger charge is 2.05. The molecule has 0 aliphatic carbocycles. The number of carbonyl (C=O) groups is 1. The van der Waals surface area contributed by atoms with E-state index in [1.54, 1.807) is 30.3 Å². The number of rotatable bonds is 4. The third-order valence-electron chi connectivity index (χ3n) is 2.39. The number of nitrogen functional groups attached to an aromatic ring is 1. The van der Waals surface area contributed by atoms with E-state index in [4.69, 9.17) is 10.5 Å². The maximum absolute atomic E-state index is 11.7. The predicted molar refractivity (Wildman–Crippen MR) is 79.1 cm³/mol.